The van der Waals surface area contributed by atoms with Crippen LogP contribution in [0, 0.1) is 11.8 Å². The number of aliphatic carboxylic acids is 1. The van der Waals surface area contributed by atoms with Crippen LogP contribution in [-0.2, 0) is 14.3 Å². The van der Waals surface area contributed by atoms with E-state index in [2.05, 4.69) is 15.0 Å². The fraction of sp³-hybridized carbons (Fsp3) is 0.818. The Morgan fingerprint density at radius 3 is 2.00 bits per heavy atom. The maximum absolute atomic E-state index is 10.9. The number of azo groups is 1. The van der Waals surface area contributed by atoms with Crippen molar-refractivity contribution in [2.24, 2.45) is 22.1 Å². The van der Waals surface area contributed by atoms with Gasteiger partial charge in [-0.15, -0.1) is 0 Å². The molecule has 6 heteroatoms. The van der Waals surface area contributed by atoms with Gasteiger partial charge in [0.2, 0.25) is 0 Å². The highest BCUT2D eigenvalue weighted by Crippen LogP contribution is 2.05. The number of hydrogen-bond donors (Lipinski definition) is 1. The number of esters is 1. The Morgan fingerprint density at radius 2 is 1.59 bits per heavy atom. The van der Waals surface area contributed by atoms with Gasteiger partial charge in [-0.05, 0) is 11.8 Å². The van der Waals surface area contributed by atoms with E-state index >= 15 is 0 Å². The third kappa shape index (κ3) is 9.47. The van der Waals surface area contributed by atoms with E-state index < -0.39 is 5.97 Å². The van der Waals surface area contributed by atoms with Crippen LogP contribution in [0.1, 0.15) is 26.7 Å². The molecular formula is C11H20N2O4. The van der Waals surface area contributed by atoms with Crippen LogP contribution >= 0.6 is 0 Å². The predicted molar refractivity (Wildman–Crippen MR) is 61.8 cm³/mol. The molecule has 0 aromatic carbocycles. The molecular weight excluding hydrogens is 224 g/mol. The van der Waals surface area contributed by atoms with Gasteiger partial charge in [-0.25, -0.2) is 0 Å². The Labute approximate surface area is 101 Å². The fourth-order valence-corrected chi connectivity index (χ4v) is 1.19. The largest absolute Gasteiger partial charge is 0.481 e. The molecule has 6 nitrogen and oxygen atoms in total. The maximum atomic E-state index is 10.9. The van der Waals surface area contributed by atoms with Gasteiger partial charge in [0.15, 0.2) is 0 Å². The van der Waals surface area contributed by atoms with Gasteiger partial charge in [-0.3, -0.25) is 9.59 Å². The first kappa shape index (κ1) is 15.5. The third-order valence-corrected chi connectivity index (χ3v) is 2.15. The van der Waals surface area contributed by atoms with Crippen molar-refractivity contribution in [3.8, 4) is 0 Å². The summed E-state index contributed by atoms with van der Waals surface area (Å²) in [6.45, 7) is 4.55. The molecule has 0 amide bonds. The highest BCUT2D eigenvalue weighted by Gasteiger charge is 2.09. The number of carboxylic acid groups (broad SMARTS) is 1. The second kappa shape index (κ2) is 8.66. The van der Waals surface area contributed by atoms with E-state index in [0.717, 1.165) is 0 Å². The van der Waals surface area contributed by atoms with Gasteiger partial charge < -0.3 is 9.84 Å². The second-order valence-corrected chi connectivity index (χ2v) is 4.24. The van der Waals surface area contributed by atoms with Crippen molar-refractivity contribution < 1.29 is 19.4 Å². The Bertz CT molecular complexity index is 279. The van der Waals surface area contributed by atoms with Gasteiger partial charge in [0, 0.05) is 12.8 Å². The summed E-state index contributed by atoms with van der Waals surface area (Å²) in [5, 5.41) is 16.4. The Morgan fingerprint density at radius 1 is 1.12 bits per heavy atom. The minimum absolute atomic E-state index is 0.0211. The lowest BCUT2D eigenvalue weighted by molar-refractivity contribution is -0.141. The molecule has 0 rings (SSSR count). The quantitative estimate of drug-likeness (QED) is 0.520. The number of nitrogens with zero attached hydrogens (tertiary/aromatic N) is 2. The summed E-state index contributed by atoms with van der Waals surface area (Å²) >= 11 is 0. The minimum Gasteiger partial charge on any atom is -0.481 e. The number of carbonyl (C=O) groups is 2. The van der Waals surface area contributed by atoms with E-state index in [1.165, 1.54) is 7.11 Å². The molecule has 0 heterocycles. The fourth-order valence-electron chi connectivity index (χ4n) is 1.19. The van der Waals surface area contributed by atoms with E-state index in [1.54, 1.807) is 0 Å². The summed E-state index contributed by atoms with van der Waals surface area (Å²) in [6.07, 6.45) is 0.414. The summed E-state index contributed by atoms with van der Waals surface area (Å²) < 4.78 is 4.53. The molecule has 1 N–H and O–H groups in total. The zero-order chi connectivity index (χ0) is 13.3. The molecule has 0 saturated heterocycles. The zero-order valence-electron chi connectivity index (χ0n) is 10.5. The monoisotopic (exact) mass is 244 g/mol. The predicted octanol–water partition coefficient (Wildman–Crippen LogP) is 1.75. The summed E-state index contributed by atoms with van der Waals surface area (Å²) in [7, 11) is 1.35. The van der Waals surface area contributed by atoms with Crippen molar-refractivity contribution in [2.75, 3.05) is 20.2 Å². The van der Waals surface area contributed by atoms with Crippen molar-refractivity contribution in [3.63, 3.8) is 0 Å². The molecule has 0 aromatic rings. The molecule has 0 fully saturated rings. The first-order valence-corrected chi connectivity index (χ1v) is 5.57. The van der Waals surface area contributed by atoms with E-state index in [0.29, 0.717) is 19.5 Å². The third-order valence-electron chi connectivity index (χ3n) is 2.15. The lowest BCUT2D eigenvalue weighted by Crippen LogP contribution is -2.10. The average molecular weight is 244 g/mol. The Hall–Kier alpha value is -1.46. The van der Waals surface area contributed by atoms with Gasteiger partial charge in [-0.1, -0.05) is 13.8 Å². The van der Waals surface area contributed by atoms with E-state index in [9.17, 15) is 9.59 Å². The lowest BCUT2D eigenvalue weighted by atomic mass is 10.1. The molecule has 0 aliphatic carbocycles. The zero-order valence-corrected chi connectivity index (χ0v) is 10.5. The van der Waals surface area contributed by atoms with Crippen LogP contribution in [0.4, 0.5) is 0 Å². The number of ether oxygens (including phenoxy) is 1. The lowest BCUT2D eigenvalue weighted by Gasteiger charge is -2.06. The molecule has 0 radical (unpaired) electrons. The first-order chi connectivity index (χ1) is 7.95. The van der Waals surface area contributed by atoms with Gasteiger partial charge in [0.1, 0.15) is 0 Å². The topological polar surface area (TPSA) is 88.3 Å². The van der Waals surface area contributed by atoms with Gasteiger partial charge in [0.25, 0.3) is 0 Å². The van der Waals surface area contributed by atoms with Crippen molar-refractivity contribution in [3.05, 3.63) is 0 Å². The molecule has 0 aromatic heterocycles. The summed E-state index contributed by atoms with van der Waals surface area (Å²) in [5.41, 5.74) is 0. The van der Waals surface area contributed by atoms with Crippen LogP contribution in [0.25, 0.3) is 0 Å². The van der Waals surface area contributed by atoms with Gasteiger partial charge in [-0.2, -0.15) is 10.2 Å². The molecule has 0 spiro atoms. The SMILES string of the molecule is COC(=O)CC(C)CN=NCC(C)CC(=O)O. The van der Waals surface area contributed by atoms with Crippen LogP contribution in [0.3, 0.4) is 0 Å². The van der Waals surface area contributed by atoms with Crippen molar-refractivity contribution >= 4 is 11.9 Å². The van der Waals surface area contributed by atoms with Crippen LogP contribution in [0.2, 0.25) is 0 Å². The van der Waals surface area contributed by atoms with Gasteiger partial charge >= 0.3 is 11.9 Å². The number of rotatable bonds is 8. The molecule has 17 heavy (non-hydrogen) atoms. The number of methoxy groups -OCH3 is 1. The van der Waals surface area contributed by atoms with Crippen LogP contribution < -0.4 is 0 Å². The minimum atomic E-state index is -0.827. The Balaban J connectivity index is 3.72. The molecule has 0 aliphatic heterocycles. The Kier molecular flexibility index (Phi) is 7.92. The molecule has 0 bridgehead atoms. The molecule has 0 saturated carbocycles. The van der Waals surface area contributed by atoms with Crippen molar-refractivity contribution in [2.45, 2.75) is 26.7 Å². The smallest absolute Gasteiger partial charge is 0.305 e. The van der Waals surface area contributed by atoms with Crippen molar-refractivity contribution in [1.82, 2.24) is 0 Å². The summed E-state index contributed by atoms with van der Waals surface area (Å²) in [4.78, 5) is 21.3. The summed E-state index contributed by atoms with van der Waals surface area (Å²) in [5.74, 6) is -1.02. The molecule has 98 valence electrons. The van der Waals surface area contributed by atoms with Gasteiger partial charge in [0.05, 0.1) is 20.2 Å². The van der Waals surface area contributed by atoms with Crippen LogP contribution in [0.5, 0.6) is 0 Å². The normalized spacial score (nSPS) is 14.5. The number of carbonyl (C=O) groups excluding carboxylic acids is 1. The van der Waals surface area contributed by atoms with Crippen molar-refractivity contribution in [1.29, 1.82) is 0 Å². The average Bonchev–Trinajstić information content (AvgIpc) is 2.23. The summed E-state index contributed by atoms with van der Waals surface area (Å²) in [6, 6.07) is 0. The van der Waals surface area contributed by atoms with Crippen LogP contribution in [-0.4, -0.2) is 37.2 Å². The first-order valence-electron chi connectivity index (χ1n) is 5.57. The number of hydrogen-bond acceptors (Lipinski definition) is 5. The highest BCUT2D eigenvalue weighted by atomic mass is 16.5. The van der Waals surface area contributed by atoms with E-state index in [-0.39, 0.29) is 24.2 Å². The maximum Gasteiger partial charge on any atom is 0.305 e. The van der Waals surface area contributed by atoms with E-state index in [4.69, 9.17) is 5.11 Å². The molecule has 2 unspecified atom stereocenters. The molecule has 0 aliphatic rings. The number of carboxylic acids is 1. The highest BCUT2D eigenvalue weighted by molar-refractivity contribution is 5.69. The molecule has 2 atom stereocenters. The second-order valence-electron chi connectivity index (χ2n) is 4.24. The standard InChI is InChI=1S/C11H20N2O4/c1-8(4-10(14)15)6-12-13-7-9(2)5-11(16)17-3/h8-9H,4-7H2,1-3H3,(H,14,15). The van der Waals surface area contributed by atoms with E-state index in [1.807, 2.05) is 13.8 Å². The van der Waals surface area contributed by atoms with Crippen LogP contribution in [0.15, 0.2) is 10.2 Å².